The van der Waals surface area contributed by atoms with Crippen molar-refractivity contribution in [3.63, 3.8) is 0 Å². The highest BCUT2D eigenvalue weighted by molar-refractivity contribution is 7.89. The first kappa shape index (κ1) is 18.6. The molecule has 1 amide bonds. The lowest BCUT2D eigenvalue weighted by Crippen LogP contribution is -2.31. The molecule has 0 saturated carbocycles. The van der Waals surface area contributed by atoms with Crippen LogP contribution in [0.2, 0.25) is 0 Å². The van der Waals surface area contributed by atoms with Crippen LogP contribution < -0.4 is 5.32 Å². The number of rotatable bonds is 9. The number of sulfonamides is 1. The zero-order valence-electron chi connectivity index (χ0n) is 13.3. The Kier molecular flexibility index (Phi) is 7.50. The number of carbonyl (C=O) groups is 1. The summed E-state index contributed by atoms with van der Waals surface area (Å²) >= 11 is 0. The van der Waals surface area contributed by atoms with Crippen LogP contribution in [0.5, 0.6) is 0 Å². The molecule has 22 heavy (non-hydrogen) atoms. The van der Waals surface area contributed by atoms with E-state index in [0.717, 1.165) is 0 Å². The molecular weight excluding hydrogens is 304 g/mol. The molecule has 0 saturated heterocycles. The Morgan fingerprint density at radius 1 is 1.27 bits per heavy atom. The lowest BCUT2D eigenvalue weighted by molar-refractivity contribution is 0.0948. The van der Waals surface area contributed by atoms with Crippen molar-refractivity contribution in [2.24, 2.45) is 0 Å². The third-order valence-corrected chi connectivity index (χ3v) is 5.30. The summed E-state index contributed by atoms with van der Waals surface area (Å²) in [5.74, 6) is -0.285. The number of amides is 1. The summed E-state index contributed by atoms with van der Waals surface area (Å²) in [5.41, 5.74) is 0.339. The summed E-state index contributed by atoms with van der Waals surface area (Å²) in [6.07, 6.45) is 0.708. The Bertz CT molecular complexity index is 583. The summed E-state index contributed by atoms with van der Waals surface area (Å²) in [6, 6.07) is 6.11. The van der Waals surface area contributed by atoms with Crippen LogP contribution in [0.25, 0.3) is 0 Å². The normalized spacial score (nSPS) is 11.6. The fourth-order valence-electron chi connectivity index (χ4n) is 2.03. The van der Waals surface area contributed by atoms with Gasteiger partial charge in [0.2, 0.25) is 10.0 Å². The Labute approximate surface area is 132 Å². The second-order valence-electron chi connectivity index (χ2n) is 4.72. The minimum atomic E-state index is -3.55. The van der Waals surface area contributed by atoms with Crippen molar-refractivity contribution in [2.45, 2.75) is 25.2 Å². The first-order valence-electron chi connectivity index (χ1n) is 7.34. The van der Waals surface area contributed by atoms with Gasteiger partial charge in [0, 0.05) is 38.9 Å². The topological polar surface area (TPSA) is 75.7 Å². The monoisotopic (exact) mass is 328 g/mol. The van der Waals surface area contributed by atoms with E-state index in [2.05, 4.69) is 5.32 Å². The summed E-state index contributed by atoms with van der Waals surface area (Å²) in [5, 5.41) is 2.74. The fraction of sp³-hybridized carbons (Fsp3) is 0.533. The van der Waals surface area contributed by atoms with E-state index >= 15 is 0 Å². The summed E-state index contributed by atoms with van der Waals surface area (Å²) in [7, 11) is -1.95. The molecule has 0 aliphatic rings. The minimum absolute atomic E-state index is 0.140. The van der Waals surface area contributed by atoms with Crippen molar-refractivity contribution in [1.29, 1.82) is 0 Å². The van der Waals surface area contributed by atoms with E-state index in [1.807, 2.05) is 0 Å². The van der Waals surface area contributed by atoms with Gasteiger partial charge in [-0.05, 0) is 24.6 Å². The molecular formula is C15H24N2O4S. The van der Waals surface area contributed by atoms with Crippen LogP contribution >= 0.6 is 0 Å². The maximum atomic E-state index is 12.4. The van der Waals surface area contributed by atoms with E-state index in [0.29, 0.717) is 38.2 Å². The van der Waals surface area contributed by atoms with Crippen LogP contribution in [-0.4, -0.2) is 52.0 Å². The second kappa shape index (κ2) is 8.87. The molecule has 0 aromatic heterocycles. The third-order valence-electron chi connectivity index (χ3n) is 3.25. The number of carbonyl (C=O) groups excluding carboxylic acids is 1. The molecule has 0 bridgehead atoms. The Morgan fingerprint density at radius 3 is 2.55 bits per heavy atom. The molecule has 1 aromatic rings. The van der Waals surface area contributed by atoms with E-state index in [9.17, 15) is 13.2 Å². The van der Waals surface area contributed by atoms with Crippen LogP contribution in [0.15, 0.2) is 29.2 Å². The van der Waals surface area contributed by atoms with E-state index < -0.39 is 10.0 Å². The molecule has 1 rings (SSSR count). The van der Waals surface area contributed by atoms with Crippen LogP contribution in [0.1, 0.15) is 30.6 Å². The number of methoxy groups -OCH3 is 1. The number of nitrogens with one attached hydrogen (secondary N) is 1. The number of nitrogens with zero attached hydrogens (tertiary/aromatic N) is 1. The van der Waals surface area contributed by atoms with Crippen molar-refractivity contribution in [2.75, 3.05) is 33.4 Å². The van der Waals surface area contributed by atoms with Crippen molar-refractivity contribution < 1.29 is 17.9 Å². The average Bonchev–Trinajstić information content (AvgIpc) is 2.52. The van der Waals surface area contributed by atoms with E-state index in [1.54, 1.807) is 33.1 Å². The molecule has 0 fully saturated rings. The van der Waals surface area contributed by atoms with Gasteiger partial charge in [-0.1, -0.05) is 19.9 Å². The molecule has 0 unspecified atom stereocenters. The van der Waals surface area contributed by atoms with E-state index in [-0.39, 0.29) is 10.8 Å². The Hall–Kier alpha value is -1.44. The lowest BCUT2D eigenvalue weighted by atomic mass is 10.2. The molecule has 0 aliphatic heterocycles. The summed E-state index contributed by atoms with van der Waals surface area (Å²) in [4.78, 5) is 12.2. The van der Waals surface area contributed by atoms with Gasteiger partial charge >= 0.3 is 0 Å². The molecule has 1 aromatic carbocycles. The zero-order valence-corrected chi connectivity index (χ0v) is 14.1. The molecule has 0 atom stereocenters. The smallest absolute Gasteiger partial charge is 0.251 e. The van der Waals surface area contributed by atoms with Crippen molar-refractivity contribution in [3.8, 4) is 0 Å². The van der Waals surface area contributed by atoms with Gasteiger partial charge in [0.05, 0.1) is 4.90 Å². The minimum Gasteiger partial charge on any atom is -0.385 e. The van der Waals surface area contributed by atoms with Crippen molar-refractivity contribution in [1.82, 2.24) is 9.62 Å². The van der Waals surface area contributed by atoms with Gasteiger partial charge in [-0.3, -0.25) is 4.79 Å². The molecule has 0 spiro atoms. The van der Waals surface area contributed by atoms with Gasteiger partial charge < -0.3 is 10.1 Å². The lowest BCUT2D eigenvalue weighted by Gasteiger charge is -2.18. The quantitative estimate of drug-likeness (QED) is 0.697. The van der Waals surface area contributed by atoms with Gasteiger partial charge in [0.25, 0.3) is 5.91 Å². The SMILES string of the molecule is CCN(CC)S(=O)(=O)c1cccc(C(=O)NCCCOC)c1. The predicted octanol–water partition coefficient (Wildman–Crippen LogP) is 1.48. The first-order chi connectivity index (χ1) is 10.5. The first-order valence-corrected chi connectivity index (χ1v) is 8.78. The molecule has 7 heteroatoms. The summed E-state index contributed by atoms with van der Waals surface area (Å²) in [6.45, 7) is 5.41. The average molecular weight is 328 g/mol. The number of ether oxygens (including phenoxy) is 1. The van der Waals surface area contributed by atoms with Gasteiger partial charge in [0.15, 0.2) is 0 Å². The standard InChI is InChI=1S/C15H24N2O4S/c1-4-17(5-2)22(19,20)14-9-6-8-13(12-14)15(18)16-10-7-11-21-3/h6,8-9,12H,4-5,7,10-11H2,1-3H3,(H,16,18). The molecule has 0 aliphatic carbocycles. The van der Waals surface area contributed by atoms with E-state index in [4.69, 9.17) is 4.74 Å². The maximum absolute atomic E-state index is 12.4. The van der Waals surface area contributed by atoms with Gasteiger partial charge in [-0.25, -0.2) is 8.42 Å². The Morgan fingerprint density at radius 2 is 1.95 bits per heavy atom. The van der Waals surface area contributed by atoms with Gasteiger partial charge in [-0.2, -0.15) is 4.31 Å². The Balaban J connectivity index is 2.88. The highest BCUT2D eigenvalue weighted by Crippen LogP contribution is 2.16. The third kappa shape index (κ3) is 4.79. The molecule has 0 radical (unpaired) electrons. The second-order valence-corrected chi connectivity index (χ2v) is 6.66. The maximum Gasteiger partial charge on any atom is 0.251 e. The summed E-state index contributed by atoms with van der Waals surface area (Å²) < 4.78 is 31.2. The van der Waals surface area contributed by atoms with Crippen molar-refractivity contribution in [3.05, 3.63) is 29.8 Å². The number of hydrogen-bond donors (Lipinski definition) is 1. The molecule has 124 valence electrons. The molecule has 1 N–H and O–H groups in total. The van der Waals surface area contributed by atoms with Crippen LogP contribution in [0, 0.1) is 0 Å². The highest BCUT2D eigenvalue weighted by atomic mass is 32.2. The fourth-order valence-corrected chi connectivity index (χ4v) is 3.54. The van der Waals surface area contributed by atoms with Crippen LogP contribution in [0.4, 0.5) is 0 Å². The van der Waals surface area contributed by atoms with Gasteiger partial charge in [0.1, 0.15) is 0 Å². The van der Waals surface area contributed by atoms with Gasteiger partial charge in [-0.15, -0.1) is 0 Å². The molecule has 6 nitrogen and oxygen atoms in total. The highest BCUT2D eigenvalue weighted by Gasteiger charge is 2.22. The largest absolute Gasteiger partial charge is 0.385 e. The van der Waals surface area contributed by atoms with Crippen LogP contribution in [-0.2, 0) is 14.8 Å². The van der Waals surface area contributed by atoms with Crippen molar-refractivity contribution >= 4 is 15.9 Å². The zero-order chi connectivity index (χ0) is 16.6. The number of hydrogen-bond acceptors (Lipinski definition) is 4. The number of benzene rings is 1. The predicted molar refractivity (Wildman–Crippen MR) is 85.4 cm³/mol. The molecule has 0 heterocycles. The van der Waals surface area contributed by atoms with Crippen LogP contribution in [0.3, 0.4) is 0 Å². The van der Waals surface area contributed by atoms with E-state index in [1.165, 1.54) is 16.4 Å².